The second-order valence-corrected chi connectivity index (χ2v) is 0.819. The van der Waals surface area contributed by atoms with Crippen LogP contribution in [0.25, 0.3) is 0 Å². The summed E-state index contributed by atoms with van der Waals surface area (Å²) in [6.45, 7) is 1.62. The smallest absolute Gasteiger partial charge is 0.545 e. The van der Waals surface area contributed by atoms with Gasteiger partial charge < -0.3 is 9.90 Å². The van der Waals surface area contributed by atoms with Gasteiger partial charge in [-0.05, 0) is 13.0 Å². The van der Waals surface area contributed by atoms with Crippen LogP contribution < -0.4 is 34.7 Å². The molecule has 0 N–H and O–H groups in total. The van der Waals surface area contributed by atoms with E-state index < -0.39 is 5.97 Å². The Bertz CT molecular complexity index is 77.8. The molecule has 0 radical (unpaired) electrons. The Morgan fingerprint density at radius 2 is 2.14 bits per heavy atom. The molecule has 2 nitrogen and oxygen atoms in total. The minimum absolute atomic E-state index is 0. The average Bonchev–Trinajstić information content (AvgIpc) is 1.35. The SMILES string of the molecule is C/C=C\C(=O)[O-].[Na+]. The molecule has 0 heterocycles. The summed E-state index contributed by atoms with van der Waals surface area (Å²) in [7, 11) is 0. The van der Waals surface area contributed by atoms with E-state index in [1.54, 1.807) is 6.92 Å². The average molecular weight is 108 g/mol. The van der Waals surface area contributed by atoms with Crippen LogP contribution in [0.3, 0.4) is 0 Å². The second-order valence-electron chi connectivity index (χ2n) is 0.819. The number of aliphatic carboxylic acids is 1. The van der Waals surface area contributed by atoms with Crippen molar-refractivity contribution in [2.45, 2.75) is 6.92 Å². The van der Waals surface area contributed by atoms with E-state index in [0.717, 1.165) is 6.08 Å². The largest absolute Gasteiger partial charge is 1.00 e. The summed E-state index contributed by atoms with van der Waals surface area (Å²) < 4.78 is 0. The number of carboxylic acid groups (broad SMARTS) is 1. The summed E-state index contributed by atoms with van der Waals surface area (Å²) in [5.41, 5.74) is 0. The zero-order valence-corrected chi connectivity index (χ0v) is 6.47. The van der Waals surface area contributed by atoms with Crippen LogP contribution >= 0.6 is 0 Å². The van der Waals surface area contributed by atoms with E-state index in [1.807, 2.05) is 0 Å². The molecule has 0 atom stereocenters. The van der Waals surface area contributed by atoms with Gasteiger partial charge in [-0.1, -0.05) is 6.08 Å². The number of carboxylic acids is 1. The fourth-order valence-electron chi connectivity index (χ4n) is 0.136. The van der Waals surface area contributed by atoms with Crippen LogP contribution in [-0.2, 0) is 4.79 Å². The molecule has 0 aromatic carbocycles. The van der Waals surface area contributed by atoms with Crippen molar-refractivity contribution in [2.24, 2.45) is 0 Å². The third-order valence-corrected chi connectivity index (χ3v) is 0.303. The fraction of sp³-hybridized carbons (Fsp3) is 0.250. The Balaban J connectivity index is 0. The molecule has 0 aliphatic carbocycles. The first-order valence-electron chi connectivity index (χ1n) is 1.61. The van der Waals surface area contributed by atoms with E-state index >= 15 is 0 Å². The van der Waals surface area contributed by atoms with Gasteiger partial charge in [0.2, 0.25) is 0 Å². The van der Waals surface area contributed by atoms with E-state index in [-0.39, 0.29) is 29.6 Å². The molecule has 0 saturated heterocycles. The molecule has 0 aromatic heterocycles. The van der Waals surface area contributed by atoms with Crippen LogP contribution in [0.15, 0.2) is 12.2 Å². The van der Waals surface area contributed by atoms with E-state index in [0.29, 0.717) is 0 Å². The van der Waals surface area contributed by atoms with Crippen LogP contribution in [0.4, 0.5) is 0 Å². The van der Waals surface area contributed by atoms with Crippen LogP contribution in [0.1, 0.15) is 6.92 Å². The van der Waals surface area contributed by atoms with E-state index in [1.165, 1.54) is 6.08 Å². The zero-order chi connectivity index (χ0) is 4.99. The molecule has 0 aliphatic rings. The first-order valence-corrected chi connectivity index (χ1v) is 1.61. The van der Waals surface area contributed by atoms with Crippen molar-refractivity contribution in [3.63, 3.8) is 0 Å². The summed E-state index contributed by atoms with van der Waals surface area (Å²) in [5, 5.41) is 9.40. The van der Waals surface area contributed by atoms with Gasteiger partial charge in [-0.2, -0.15) is 0 Å². The van der Waals surface area contributed by atoms with Gasteiger partial charge in [0.15, 0.2) is 0 Å². The van der Waals surface area contributed by atoms with Gasteiger partial charge >= 0.3 is 29.6 Å². The third-order valence-electron chi connectivity index (χ3n) is 0.303. The summed E-state index contributed by atoms with van der Waals surface area (Å²) >= 11 is 0. The van der Waals surface area contributed by atoms with Gasteiger partial charge in [0, 0.05) is 0 Å². The molecule has 3 heteroatoms. The van der Waals surface area contributed by atoms with Crippen molar-refractivity contribution in [2.75, 3.05) is 0 Å². The first-order chi connectivity index (χ1) is 2.77. The van der Waals surface area contributed by atoms with E-state index in [9.17, 15) is 9.90 Å². The Kier molecular flexibility index (Phi) is 9.09. The monoisotopic (exact) mass is 108 g/mol. The predicted octanol–water partition coefficient (Wildman–Crippen LogP) is -3.68. The molecule has 0 spiro atoms. The number of carbonyl (C=O) groups is 1. The van der Waals surface area contributed by atoms with Crippen LogP contribution in [-0.4, -0.2) is 5.97 Å². The number of hydrogen-bond acceptors (Lipinski definition) is 2. The number of allylic oxidation sites excluding steroid dienone is 1. The molecular formula is C4H5NaO2. The quantitative estimate of drug-likeness (QED) is 0.256. The number of rotatable bonds is 1. The second kappa shape index (κ2) is 6.21. The van der Waals surface area contributed by atoms with Crippen molar-refractivity contribution < 1.29 is 39.5 Å². The summed E-state index contributed by atoms with van der Waals surface area (Å²) in [4.78, 5) is 9.40. The van der Waals surface area contributed by atoms with Crippen molar-refractivity contribution in [3.8, 4) is 0 Å². The van der Waals surface area contributed by atoms with Gasteiger partial charge in [0.1, 0.15) is 0 Å². The van der Waals surface area contributed by atoms with Crippen LogP contribution in [0.2, 0.25) is 0 Å². The zero-order valence-electron chi connectivity index (χ0n) is 4.47. The molecule has 0 unspecified atom stereocenters. The predicted molar refractivity (Wildman–Crippen MR) is 19.8 cm³/mol. The Hall–Kier alpha value is 0.210. The molecule has 7 heavy (non-hydrogen) atoms. The summed E-state index contributed by atoms with van der Waals surface area (Å²) in [5.74, 6) is -1.14. The maximum absolute atomic E-state index is 9.40. The van der Waals surface area contributed by atoms with Crippen molar-refractivity contribution in [1.82, 2.24) is 0 Å². The van der Waals surface area contributed by atoms with Gasteiger partial charge in [-0.15, -0.1) is 0 Å². The molecule has 0 aliphatic heterocycles. The van der Waals surface area contributed by atoms with Crippen LogP contribution in [0.5, 0.6) is 0 Å². The normalized spacial score (nSPS) is 8.14. The van der Waals surface area contributed by atoms with Crippen LogP contribution in [0, 0.1) is 0 Å². The number of hydrogen-bond donors (Lipinski definition) is 0. The maximum Gasteiger partial charge on any atom is 1.00 e. The van der Waals surface area contributed by atoms with E-state index in [4.69, 9.17) is 0 Å². The van der Waals surface area contributed by atoms with Gasteiger partial charge in [0.25, 0.3) is 0 Å². The standard InChI is InChI=1S/C4H6O2.Na/c1-2-3-4(5)6;/h2-3H,1H3,(H,5,6);/q;+1/p-1/b3-2-;. The first kappa shape index (κ1) is 10.2. The fourth-order valence-corrected chi connectivity index (χ4v) is 0.136. The number of carbonyl (C=O) groups excluding carboxylic acids is 1. The van der Waals surface area contributed by atoms with Crippen molar-refractivity contribution >= 4 is 5.97 Å². The molecule has 0 fully saturated rings. The summed E-state index contributed by atoms with van der Waals surface area (Å²) in [6.07, 6.45) is 2.38. The maximum atomic E-state index is 9.40. The minimum atomic E-state index is -1.14. The topological polar surface area (TPSA) is 40.1 Å². The van der Waals surface area contributed by atoms with Crippen molar-refractivity contribution in [3.05, 3.63) is 12.2 Å². The molecule has 0 saturated carbocycles. The Morgan fingerprint density at radius 1 is 1.71 bits per heavy atom. The Morgan fingerprint density at radius 3 is 2.14 bits per heavy atom. The molecule has 0 amide bonds. The molecule has 0 rings (SSSR count). The van der Waals surface area contributed by atoms with Crippen molar-refractivity contribution in [1.29, 1.82) is 0 Å². The summed E-state index contributed by atoms with van der Waals surface area (Å²) in [6, 6.07) is 0. The van der Waals surface area contributed by atoms with Gasteiger partial charge in [-0.25, -0.2) is 0 Å². The molecular weight excluding hydrogens is 103 g/mol. The molecule has 34 valence electrons. The third kappa shape index (κ3) is 10.7. The molecule has 0 bridgehead atoms. The van der Waals surface area contributed by atoms with E-state index in [2.05, 4.69) is 0 Å². The molecule has 0 aromatic rings. The van der Waals surface area contributed by atoms with Gasteiger partial charge in [-0.3, -0.25) is 0 Å². The van der Waals surface area contributed by atoms with Gasteiger partial charge in [0.05, 0.1) is 5.97 Å². The Labute approximate surface area is 64.5 Å². The minimum Gasteiger partial charge on any atom is -0.545 e.